The van der Waals surface area contributed by atoms with Crippen LogP contribution >= 0.6 is 11.3 Å². The molecule has 1 aliphatic rings. The van der Waals surface area contributed by atoms with Gasteiger partial charge in [-0.3, -0.25) is 9.20 Å². The quantitative estimate of drug-likeness (QED) is 0.799. The number of hydrogen-bond acceptors (Lipinski definition) is 4. The van der Waals surface area contributed by atoms with Gasteiger partial charge in [0.15, 0.2) is 4.96 Å². The smallest absolute Gasteiger partial charge is 0.259 e. The molecular weight excluding hydrogens is 306 g/mol. The molecule has 0 unspecified atom stereocenters. The SMILES string of the molecule is O=c1cc(CNC2CCCC2)nc2scc(-c3ccccc3)n12. The summed E-state index contributed by atoms with van der Waals surface area (Å²) in [4.78, 5) is 18.0. The highest BCUT2D eigenvalue weighted by atomic mass is 32.1. The van der Waals surface area contributed by atoms with Crippen molar-refractivity contribution in [3.8, 4) is 11.3 Å². The molecule has 0 bridgehead atoms. The molecule has 1 aromatic carbocycles. The number of nitrogens with zero attached hydrogens (tertiary/aromatic N) is 2. The van der Waals surface area contributed by atoms with E-state index in [4.69, 9.17) is 0 Å². The van der Waals surface area contributed by atoms with Crippen LogP contribution in [0.1, 0.15) is 31.4 Å². The fourth-order valence-corrected chi connectivity index (χ4v) is 4.17. The van der Waals surface area contributed by atoms with Crippen molar-refractivity contribution in [2.45, 2.75) is 38.3 Å². The van der Waals surface area contributed by atoms with Gasteiger partial charge in [0.25, 0.3) is 5.56 Å². The lowest BCUT2D eigenvalue weighted by atomic mass is 10.2. The minimum atomic E-state index is -0.00155. The molecular formula is C18H19N3OS. The lowest BCUT2D eigenvalue weighted by molar-refractivity contribution is 0.519. The van der Waals surface area contributed by atoms with E-state index in [9.17, 15) is 4.79 Å². The van der Waals surface area contributed by atoms with Crippen molar-refractivity contribution in [3.05, 3.63) is 57.8 Å². The average molecular weight is 325 g/mol. The van der Waals surface area contributed by atoms with Gasteiger partial charge >= 0.3 is 0 Å². The summed E-state index contributed by atoms with van der Waals surface area (Å²) in [6, 6.07) is 12.2. The van der Waals surface area contributed by atoms with Gasteiger partial charge in [0.2, 0.25) is 0 Å². The Morgan fingerprint density at radius 1 is 1.22 bits per heavy atom. The fourth-order valence-electron chi connectivity index (χ4n) is 3.24. The maximum Gasteiger partial charge on any atom is 0.259 e. The van der Waals surface area contributed by atoms with Crippen molar-refractivity contribution in [1.29, 1.82) is 0 Å². The van der Waals surface area contributed by atoms with Crippen LogP contribution in [0.25, 0.3) is 16.2 Å². The van der Waals surface area contributed by atoms with Crippen LogP contribution < -0.4 is 10.9 Å². The molecule has 5 heteroatoms. The zero-order valence-electron chi connectivity index (χ0n) is 12.9. The van der Waals surface area contributed by atoms with Crippen molar-refractivity contribution in [3.63, 3.8) is 0 Å². The Balaban J connectivity index is 1.65. The van der Waals surface area contributed by atoms with E-state index in [-0.39, 0.29) is 5.56 Å². The first kappa shape index (κ1) is 14.6. The summed E-state index contributed by atoms with van der Waals surface area (Å²) < 4.78 is 1.71. The minimum absolute atomic E-state index is 0.00155. The molecule has 118 valence electrons. The number of nitrogens with one attached hydrogen (secondary N) is 1. The van der Waals surface area contributed by atoms with Crippen molar-refractivity contribution < 1.29 is 0 Å². The standard InChI is InChI=1S/C18H19N3OS/c22-17-10-15(11-19-14-8-4-5-9-14)20-18-21(17)16(12-23-18)13-6-2-1-3-7-13/h1-3,6-7,10,12,14,19H,4-5,8-9,11H2. The summed E-state index contributed by atoms with van der Waals surface area (Å²) in [6.07, 6.45) is 5.08. The Hall–Kier alpha value is -1.98. The van der Waals surface area contributed by atoms with Gasteiger partial charge < -0.3 is 5.32 Å². The summed E-state index contributed by atoms with van der Waals surface area (Å²) in [7, 11) is 0. The first-order valence-electron chi connectivity index (χ1n) is 8.10. The van der Waals surface area contributed by atoms with E-state index < -0.39 is 0 Å². The van der Waals surface area contributed by atoms with Gasteiger partial charge in [-0.25, -0.2) is 4.98 Å². The molecule has 0 amide bonds. The largest absolute Gasteiger partial charge is 0.308 e. The van der Waals surface area contributed by atoms with Gasteiger partial charge in [0, 0.05) is 24.0 Å². The van der Waals surface area contributed by atoms with E-state index in [0.29, 0.717) is 12.6 Å². The van der Waals surface area contributed by atoms with Gasteiger partial charge in [-0.05, 0) is 18.4 Å². The van der Waals surface area contributed by atoms with Gasteiger partial charge in [-0.15, -0.1) is 11.3 Å². The highest BCUT2D eigenvalue weighted by molar-refractivity contribution is 7.15. The average Bonchev–Trinajstić information content (AvgIpc) is 3.23. The predicted molar refractivity (Wildman–Crippen MR) is 93.9 cm³/mol. The van der Waals surface area contributed by atoms with E-state index in [1.54, 1.807) is 10.5 Å². The number of aromatic nitrogens is 2. The Morgan fingerprint density at radius 2 is 2.00 bits per heavy atom. The van der Waals surface area contributed by atoms with Crippen molar-refractivity contribution >= 4 is 16.3 Å². The van der Waals surface area contributed by atoms with Gasteiger partial charge in [0.1, 0.15) is 0 Å². The minimum Gasteiger partial charge on any atom is -0.308 e. The third-order valence-corrected chi connectivity index (χ3v) is 5.28. The van der Waals surface area contributed by atoms with Crippen LogP contribution in [-0.2, 0) is 6.54 Å². The Kier molecular flexibility index (Phi) is 3.97. The normalized spacial score (nSPS) is 15.5. The van der Waals surface area contributed by atoms with Gasteiger partial charge in [0.05, 0.1) is 11.4 Å². The molecule has 0 aliphatic heterocycles. The predicted octanol–water partition coefficient (Wildman–Crippen LogP) is 3.46. The van der Waals surface area contributed by atoms with Crippen LogP contribution in [0.2, 0.25) is 0 Å². The fraction of sp³-hybridized carbons (Fsp3) is 0.333. The van der Waals surface area contributed by atoms with Crippen LogP contribution in [0.15, 0.2) is 46.6 Å². The molecule has 23 heavy (non-hydrogen) atoms. The summed E-state index contributed by atoms with van der Waals surface area (Å²) >= 11 is 1.52. The zero-order chi connectivity index (χ0) is 15.6. The van der Waals surface area contributed by atoms with Crippen molar-refractivity contribution in [2.24, 2.45) is 0 Å². The van der Waals surface area contributed by atoms with Gasteiger partial charge in [-0.1, -0.05) is 43.2 Å². The Labute approximate surface area is 138 Å². The van der Waals surface area contributed by atoms with E-state index >= 15 is 0 Å². The molecule has 0 radical (unpaired) electrons. The molecule has 0 spiro atoms. The molecule has 4 nitrogen and oxygen atoms in total. The molecule has 0 saturated heterocycles. The van der Waals surface area contributed by atoms with Crippen LogP contribution in [0.3, 0.4) is 0 Å². The van der Waals surface area contributed by atoms with Crippen LogP contribution in [-0.4, -0.2) is 15.4 Å². The van der Waals surface area contributed by atoms with Gasteiger partial charge in [-0.2, -0.15) is 0 Å². The molecule has 1 aliphatic carbocycles. The van der Waals surface area contributed by atoms with E-state index in [2.05, 4.69) is 10.3 Å². The maximum atomic E-state index is 12.6. The monoisotopic (exact) mass is 325 g/mol. The summed E-state index contributed by atoms with van der Waals surface area (Å²) in [5.41, 5.74) is 2.79. The summed E-state index contributed by atoms with van der Waals surface area (Å²) in [5.74, 6) is 0. The first-order valence-corrected chi connectivity index (χ1v) is 8.98. The van der Waals surface area contributed by atoms with E-state index in [1.165, 1.54) is 37.0 Å². The van der Waals surface area contributed by atoms with Crippen molar-refractivity contribution in [1.82, 2.24) is 14.7 Å². The topological polar surface area (TPSA) is 46.4 Å². The number of rotatable bonds is 4. The second kappa shape index (κ2) is 6.26. The molecule has 1 fully saturated rings. The van der Waals surface area contributed by atoms with Crippen molar-refractivity contribution in [2.75, 3.05) is 0 Å². The molecule has 0 atom stereocenters. The number of hydrogen-bond donors (Lipinski definition) is 1. The van der Waals surface area contributed by atoms with Crippen LogP contribution in [0.4, 0.5) is 0 Å². The maximum absolute atomic E-state index is 12.6. The highest BCUT2D eigenvalue weighted by Crippen LogP contribution is 2.24. The highest BCUT2D eigenvalue weighted by Gasteiger charge is 2.15. The van der Waals surface area contributed by atoms with Crippen LogP contribution in [0, 0.1) is 0 Å². The van der Waals surface area contributed by atoms with E-state index in [0.717, 1.165) is 21.9 Å². The molecule has 1 saturated carbocycles. The summed E-state index contributed by atoms with van der Waals surface area (Å²) in [6.45, 7) is 0.676. The number of benzene rings is 1. The number of fused-ring (bicyclic) bond motifs is 1. The lowest BCUT2D eigenvalue weighted by Gasteiger charge is -2.11. The van der Waals surface area contributed by atoms with E-state index in [1.807, 2.05) is 35.7 Å². The number of thiazole rings is 1. The third-order valence-electron chi connectivity index (χ3n) is 4.45. The molecule has 2 aromatic heterocycles. The molecule has 2 heterocycles. The second-order valence-electron chi connectivity index (χ2n) is 6.05. The Morgan fingerprint density at radius 3 is 2.78 bits per heavy atom. The molecule has 3 aromatic rings. The third kappa shape index (κ3) is 2.94. The summed E-state index contributed by atoms with van der Waals surface area (Å²) in [5, 5.41) is 5.53. The van der Waals surface area contributed by atoms with Crippen LogP contribution in [0.5, 0.6) is 0 Å². The zero-order valence-corrected chi connectivity index (χ0v) is 13.7. The molecule has 1 N–H and O–H groups in total. The Bertz CT molecular complexity index is 863. The lowest BCUT2D eigenvalue weighted by Crippen LogP contribution is -2.27. The first-order chi connectivity index (χ1) is 11.3. The molecule has 4 rings (SSSR count). The second-order valence-corrected chi connectivity index (χ2v) is 6.89.